The molecule has 0 amide bonds. The lowest BCUT2D eigenvalue weighted by molar-refractivity contribution is 0.296. The molecule has 0 saturated carbocycles. The van der Waals surface area contributed by atoms with E-state index in [1.807, 2.05) is 48.5 Å². The molecule has 2 aromatic rings. The number of halogens is 1. The molecule has 0 atom stereocenters. The number of hydrogen-bond acceptors (Lipinski definition) is 2. The largest absolute Gasteiger partial charge is 0.496 e. The van der Waals surface area contributed by atoms with Crippen LogP contribution in [0.1, 0.15) is 11.1 Å². The van der Waals surface area contributed by atoms with E-state index >= 15 is 0 Å². The van der Waals surface area contributed by atoms with E-state index in [1.54, 1.807) is 7.11 Å². The van der Waals surface area contributed by atoms with Crippen molar-refractivity contribution >= 4 is 15.9 Å². The summed E-state index contributed by atoms with van der Waals surface area (Å²) in [7, 11) is 1.67. The number of alkyl halides is 1. The molecule has 0 N–H and O–H groups in total. The molecule has 2 aromatic carbocycles. The van der Waals surface area contributed by atoms with E-state index in [4.69, 9.17) is 9.47 Å². The molecule has 94 valence electrons. The lowest BCUT2D eigenvalue weighted by Gasteiger charge is -2.10. The highest BCUT2D eigenvalue weighted by molar-refractivity contribution is 9.08. The highest BCUT2D eigenvalue weighted by Crippen LogP contribution is 2.20. The fourth-order valence-corrected chi connectivity index (χ4v) is 2.03. The first-order valence-electron chi connectivity index (χ1n) is 5.73. The van der Waals surface area contributed by atoms with Crippen LogP contribution in [0.3, 0.4) is 0 Å². The van der Waals surface area contributed by atoms with Crippen LogP contribution in [0.2, 0.25) is 0 Å². The molecule has 0 aliphatic rings. The minimum absolute atomic E-state index is 0.512. The Balaban J connectivity index is 2.02. The van der Waals surface area contributed by atoms with Gasteiger partial charge in [0.05, 0.1) is 7.11 Å². The van der Waals surface area contributed by atoms with Gasteiger partial charge in [-0.2, -0.15) is 0 Å². The second kappa shape index (κ2) is 6.45. The summed E-state index contributed by atoms with van der Waals surface area (Å²) in [5.41, 5.74) is 2.28. The van der Waals surface area contributed by atoms with E-state index in [2.05, 4.69) is 15.9 Å². The molecular weight excluding hydrogens is 292 g/mol. The standard InChI is InChI=1S/C15H15BrO2/c1-17-15-5-3-2-4-13(15)11-18-14-8-6-12(10-16)7-9-14/h2-9H,10-11H2,1H3. The molecule has 0 fully saturated rings. The van der Waals surface area contributed by atoms with Gasteiger partial charge in [0.2, 0.25) is 0 Å². The van der Waals surface area contributed by atoms with Gasteiger partial charge in [0.15, 0.2) is 0 Å². The van der Waals surface area contributed by atoms with Crippen molar-refractivity contribution < 1.29 is 9.47 Å². The molecule has 0 radical (unpaired) electrons. The van der Waals surface area contributed by atoms with Crippen molar-refractivity contribution in [1.82, 2.24) is 0 Å². The zero-order valence-corrected chi connectivity index (χ0v) is 11.8. The van der Waals surface area contributed by atoms with Crippen molar-refractivity contribution in [1.29, 1.82) is 0 Å². The zero-order valence-electron chi connectivity index (χ0n) is 10.2. The van der Waals surface area contributed by atoms with E-state index in [1.165, 1.54) is 5.56 Å². The van der Waals surface area contributed by atoms with Crippen molar-refractivity contribution in [3.05, 3.63) is 59.7 Å². The first kappa shape index (κ1) is 13.0. The summed E-state index contributed by atoms with van der Waals surface area (Å²) in [6.45, 7) is 0.512. The van der Waals surface area contributed by atoms with Crippen LogP contribution in [0.15, 0.2) is 48.5 Å². The van der Waals surface area contributed by atoms with Gasteiger partial charge in [-0.15, -0.1) is 0 Å². The Kier molecular flexibility index (Phi) is 4.65. The van der Waals surface area contributed by atoms with Gasteiger partial charge in [0.1, 0.15) is 18.1 Å². The van der Waals surface area contributed by atoms with Crippen LogP contribution in [-0.4, -0.2) is 7.11 Å². The Morgan fingerprint density at radius 1 is 1.00 bits per heavy atom. The molecule has 0 aliphatic carbocycles. The van der Waals surface area contributed by atoms with Crippen LogP contribution in [-0.2, 0) is 11.9 Å². The van der Waals surface area contributed by atoms with Crippen LogP contribution in [0.4, 0.5) is 0 Å². The predicted octanol–water partition coefficient (Wildman–Crippen LogP) is 4.17. The maximum absolute atomic E-state index is 5.74. The van der Waals surface area contributed by atoms with Crippen molar-refractivity contribution in [2.45, 2.75) is 11.9 Å². The highest BCUT2D eigenvalue weighted by atomic mass is 79.9. The maximum Gasteiger partial charge on any atom is 0.125 e. The number of rotatable bonds is 5. The van der Waals surface area contributed by atoms with Crippen molar-refractivity contribution in [3.63, 3.8) is 0 Å². The monoisotopic (exact) mass is 306 g/mol. The average Bonchev–Trinajstić information content (AvgIpc) is 2.46. The third-order valence-corrected chi connectivity index (χ3v) is 3.31. The molecule has 0 aliphatic heterocycles. The summed E-state index contributed by atoms with van der Waals surface area (Å²) in [5, 5.41) is 0.861. The average molecular weight is 307 g/mol. The second-order valence-corrected chi connectivity index (χ2v) is 4.44. The van der Waals surface area contributed by atoms with Gasteiger partial charge in [0.25, 0.3) is 0 Å². The third-order valence-electron chi connectivity index (χ3n) is 2.66. The Hall–Kier alpha value is -1.48. The predicted molar refractivity (Wildman–Crippen MR) is 76.4 cm³/mol. The number of benzene rings is 2. The third kappa shape index (κ3) is 3.26. The number of para-hydroxylation sites is 1. The van der Waals surface area contributed by atoms with E-state index in [0.29, 0.717) is 6.61 Å². The molecule has 0 bridgehead atoms. The number of ether oxygens (including phenoxy) is 2. The molecule has 3 heteroatoms. The van der Waals surface area contributed by atoms with Crippen molar-refractivity contribution in [2.24, 2.45) is 0 Å². The Morgan fingerprint density at radius 3 is 2.39 bits per heavy atom. The molecular formula is C15H15BrO2. The summed E-state index contributed by atoms with van der Waals surface area (Å²) in [6, 6.07) is 15.9. The van der Waals surface area contributed by atoms with Crippen LogP contribution >= 0.6 is 15.9 Å². The van der Waals surface area contributed by atoms with Gasteiger partial charge in [-0.05, 0) is 23.8 Å². The van der Waals surface area contributed by atoms with Gasteiger partial charge >= 0.3 is 0 Å². The Bertz CT molecular complexity index is 494. The first-order valence-corrected chi connectivity index (χ1v) is 6.85. The van der Waals surface area contributed by atoms with Gasteiger partial charge in [-0.3, -0.25) is 0 Å². The van der Waals surface area contributed by atoms with Gasteiger partial charge in [-0.1, -0.05) is 46.3 Å². The van der Waals surface area contributed by atoms with E-state index in [0.717, 1.165) is 22.4 Å². The minimum Gasteiger partial charge on any atom is -0.496 e. The van der Waals surface area contributed by atoms with Gasteiger partial charge in [-0.25, -0.2) is 0 Å². The fourth-order valence-electron chi connectivity index (χ4n) is 1.66. The summed E-state index contributed by atoms with van der Waals surface area (Å²) in [6.07, 6.45) is 0. The van der Waals surface area contributed by atoms with Gasteiger partial charge < -0.3 is 9.47 Å². The normalized spacial score (nSPS) is 10.1. The summed E-state index contributed by atoms with van der Waals surface area (Å²) >= 11 is 3.42. The SMILES string of the molecule is COc1ccccc1COc1ccc(CBr)cc1. The fraction of sp³-hybridized carbons (Fsp3) is 0.200. The lowest BCUT2D eigenvalue weighted by Crippen LogP contribution is -1.98. The van der Waals surface area contributed by atoms with Crippen LogP contribution in [0.25, 0.3) is 0 Å². The Morgan fingerprint density at radius 2 is 1.72 bits per heavy atom. The molecule has 0 heterocycles. The van der Waals surface area contributed by atoms with Gasteiger partial charge in [0, 0.05) is 10.9 Å². The maximum atomic E-state index is 5.74. The van der Waals surface area contributed by atoms with Crippen LogP contribution < -0.4 is 9.47 Å². The van der Waals surface area contributed by atoms with Crippen LogP contribution in [0, 0.1) is 0 Å². The van der Waals surface area contributed by atoms with Crippen molar-refractivity contribution in [2.75, 3.05) is 7.11 Å². The van der Waals surface area contributed by atoms with Crippen molar-refractivity contribution in [3.8, 4) is 11.5 Å². The quantitative estimate of drug-likeness (QED) is 0.772. The summed E-state index contributed by atoms with van der Waals surface area (Å²) < 4.78 is 11.0. The number of hydrogen-bond donors (Lipinski definition) is 0. The topological polar surface area (TPSA) is 18.5 Å². The highest BCUT2D eigenvalue weighted by Gasteiger charge is 2.02. The molecule has 0 unspecified atom stereocenters. The summed E-state index contributed by atoms with van der Waals surface area (Å²) in [5.74, 6) is 1.72. The first-order chi connectivity index (χ1) is 8.83. The Labute approximate surface area is 116 Å². The van der Waals surface area contributed by atoms with E-state index < -0.39 is 0 Å². The lowest BCUT2D eigenvalue weighted by atomic mass is 10.2. The minimum atomic E-state index is 0.512. The molecule has 2 nitrogen and oxygen atoms in total. The van der Waals surface area contributed by atoms with Crippen LogP contribution in [0.5, 0.6) is 11.5 Å². The molecule has 0 saturated heterocycles. The molecule has 0 spiro atoms. The molecule has 2 rings (SSSR count). The smallest absolute Gasteiger partial charge is 0.125 e. The molecule has 0 aromatic heterocycles. The van der Waals surface area contributed by atoms with E-state index in [-0.39, 0.29) is 0 Å². The van der Waals surface area contributed by atoms with E-state index in [9.17, 15) is 0 Å². The summed E-state index contributed by atoms with van der Waals surface area (Å²) in [4.78, 5) is 0. The second-order valence-electron chi connectivity index (χ2n) is 3.88. The molecule has 18 heavy (non-hydrogen) atoms. The zero-order chi connectivity index (χ0) is 12.8. The number of methoxy groups -OCH3 is 1.